The Balaban J connectivity index is 2.73. The van der Waals surface area contributed by atoms with Gasteiger partial charge in [0.2, 0.25) is 0 Å². The van der Waals surface area contributed by atoms with Crippen LogP contribution in [0.1, 0.15) is 38.9 Å². The quantitative estimate of drug-likeness (QED) is 0.812. The highest BCUT2D eigenvalue weighted by Crippen LogP contribution is 2.17. The molecule has 2 atom stereocenters. The Labute approximate surface area is 109 Å². The van der Waals surface area contributed by atoms with Crippen LogP contribution in [0.4, 0.5) is 4.39 Å². The normalized spacial score (nSPS) is 14.8. The zero-order chi connectivity index (χ0) is 13.5. The third kappa shape index (κ3) is 4.35. The van der Waals surface area contributed by atoms with Crippen molar-refractivity contribution in [3.8, 4) is 0 Å². The van der Waals surface area contributed by atoms with Gasteiger partial charge in [0.05, 0.1) is 18.5 Å². The van der Waals surface area contributed by atoms with E-state index in [2.05, 4.69) is 31.1 Å². The second-order valence-electron chi connectivity index (χ2n) is 4.83. The fraction of sp³-hybridized carbons (Fsp3) is 0.643. The average Bonchev–Trinajstić information content (AvgIpc) is 2.35. The highest BCUT2D eigenvalue weighted by Gasteiger charge is 2.19. The van der Waals surface area contributed by atoms with Crippen molar-refractivity contribution >= 4 is 0 Å². The zero-order valence-corrected chi connectivity index (χ0v) is 11.6. The molecule has 0 bridgehead atoms. The number of halogens is 1. The van der Waals surface area contributed by atoms with Crippen LogP contribution in [0.5, 0.6) is 0 Å². The molecule has 3 nitrogen and oxygen atoms in total. The van der Waals surface area contributed by atoms with Crippen molar-refractivity contribution in [2.24, 2.45) is 5.92 Å². The Hall–Kier alpha value is -1.00. The van der Waals surface area contributed by atoms with E-state index in [9.17, 15) is 4.39 Å². The van der Waals surface area contributed by atoms with Crippen molar-refractivity contribution in [3.63, 3.8) is 0 Å². The first kappa shape index (κ1) is 15.1. The van der Waals surface area contributed by atoms with Crippen molar-refractivity contribution in [2.75, 3.05) is 13.7 Å². The van der Waals surface area contributed by atoms with Gasteiger partial charge in [-0.2, -0.15) is 0 Å². The molecule has 1 aromatic rings. The molecule has 0 saturated heterocycles. The number of aromatic nitrogens is 1. The molecule has 0 spiro atoms. The molecule has 0 aromatic carbocycles. The number of methoxy groups -OCH3 is 1. The first-order valence-electron chi connectivity index (χ1n) is 6.44. The predicted octanol–water partition coefficient (Wildman–Crippen LogP) is 2.93. The smallest absolute Gasteiger partial charge is 0.141 e. The second kappa shape index (κ2) is 7.44. The summed E-state index contributed by atoms with van der Waals surface area (Å²) >= 11 is 0. The molecule has 0 aliphatic rings. The van der Waals surface area contributed by atoms with Crippen LogP contribution in [0.2, 0.25) is 0 Å². The molecule has 1 aromatic heterocycles. The topological polar surface area (TPSA) is 34.1 Å². The van der Waals surface area contributed by atoms with E-state index in [-0.39, 0.29) is 17.9 Å². The molecule has 1 N–H and O–H groups in total. The van der Waals surface area contributed by atoms with Gasteiger partial charge in [-0.25, -0.2) is 4.39 Å². The van der Waals surface area contributed by atoms with E-state index in [1.807, 2.05) is 0 Å². The zero-order valence-electron chi connectivity index (χ0n) is 11.6. The molecule has 2 unspecified atom stereocenters. The SMILES string of the molecule is CCC(NC(COC)C(C)C)c1ccc(F)cn1. The summed E-state index contributed by atoms with van der Waals surface area (Å²) in [7, 11) is 1.70. The van der Waals surface area contributed by atoms with Gasteiger partial charge in [0, 0.05) is 19.2 Å². The number of rotatable bonds is 7. The van der Waals surface area contributed by atoms with E-state index < -0.39 is 0 Å². The molecule has 102 valence electrons. The number of hydrogen-bond acceptors (Lipinski definition) is 3. The van der Waals surface area contributed by atoms with Gasteiger partial charge in [0.25, 0.3) is 0 Å². The Bertz CT molecular complexity index is 340. The summed E-state index contributed by atoms with van der Waals surface area (Å²) in [4.78, 5) is 4.14. The van der Waals surface area contributed by atoms with Crippen molar-refractivity contribution in [2.45, 2.75) is 39.3 Å². The molecule has 0 fully saturated rings. The predicted molar refractivity (Wildman–Crippen MR) is 70.9 cm³/mol. The molecule has 1 rings (SSSR count). The maximum absolute atomic E-state index is 12.9. The minimum absolute atomic E-state index is 0.133. The van der Waals surface area contributed by atoms with E-state index >= 15 is 0 Å². The molecule has 0 saturated carbocycles. The fourth-order valence-corrected chi connectivity index (χ4v) is 1.88. The van der Waals surface area contributed by atoms with Crippen LogP contribution in [0.15, 0.2) is 18.3 Å². The number of nitrogens with one attached hydrogen (secondary N) is 1. The lowest BCUT2D eigenvalue weighted by Gasteiger charge is -2.27. The van der Waals surface area contributed by atoms with Crippen molar-refractivity contribution < 1.29 is 9.13 Å². The number of nitrogens with zero attached hydrogens (tertiary/aromatic N) is 1. The summed E-state index contributed by atoms with van der Waals surface area (Å²) in [5.41, 5.74) is 0.876. The Kier molecular flexibility index (Phi) is 6.22. The number of hydrogen-bond donors (Lipinski definition) is 1. The lowest BCUT2D eigenvalue weighted by Crippen LogP contribution is -2.40. The lowest BCUT2D eigenvalue weighted by atomic mass is 10.0. The van der Waals surface area contributed by atoms with E-state index in [1.54, 1.807) is 13.2 Å². The number of pyridine rings is 1. The van der Waals surface area contributed by atoms with Crippen molar-refractivity contribution in [1.82, 2.24) is 10.3 Å². The van der Waals surface area contributed by atoms with Crippen LogP contribution < -0.4 is 5.32 Å². The van der Waals surface area contributed by atoms with Crippen LogP contribution in [0.3, 0.4) is 0 Å². The maximum atomic E-state index is 12.9. The highest BCUT2D eigenvalue weighted by molar-refractivity contribution is 5.10. The van der Waals surface area contributed by atoms with Gasteiger partial charge < -0.3 is 10.1 Å². The molecular formula is C14H23FN2O. The first-order valence-corrected chi connectivity index (χ1v) is 6.44. The van der Waals surface area contributed by atoms with E-state index in [1.165, 1.54) is 12.3 Å². The second-order valence-corrected chi connectivity index (χ2v) is 4.83. The highest BCUT2D eigenvalue weighted by atomic mass is 19.1. The van der Waals surface area contributed by atoms with Gasteiger partial charge in [0.15, 0.2) is 0 Å². The standard InChI is InChI=1S/C14H23FN2O/c1-5-12(13-7-6-11(15)8-16-13)17-14(9-18-4)10(2)3/h6-8,10,12,14,17H,5,9H2,1-4H3. The summed E-state index contributed by atoms with van der Waals surface area (Å²) in [6, 6.07) is 3.59. The van der Waals surface area contributed by atoms with E-state index in [0.717, 1.165) is 12.1 Å². The van der Waals surface area contributed by atoms with Crippen LogP contribution >= 0.6 is 0 Å². The molecule has 0 radical (unpaired) electrons. The molecule has 1 heterocycles. The Morgan fingerprint density at radius 2 is 2.11 bits per heavy atom. The van der Waals surface area contributed by atoms with Crippen LogP contribution in [-0.2, 0) is 4.74 Å². The third-order valence-corrected chi connectivity index (χ3v) is 3.08. The van der Waals surface area contributed by atoms with Crippen LogP contribution in [0, 0.1) is 11.7 Å². The summed E-state index contributed by atoms with van der Waals surface area (Å²) < 4.78 is 18.1. The summed E-state index contributed by atoms with van der Waals surface area (Å²) in [6.45, 7) is 7.06. The van der Waals surface area contributed by atoms with Gasteiger partial charge in [-0.3, -0.25) is 4.98 Å². The van der Waals surface area contributed by atoms with Gasteiger partial charge in [0.1, 0.15) is 5.82 Å². The summed E-state index contributed by atoms with van der Waals surface area (Å²) in [5.74, 6) is 0.172. The van der Waals surface area contributed by atoms with E-state index in [4.69, 9.17) is 4.74 Å². The fourth-order valence-electron chi connectivity index (χ4n) is 1.88. The Morgan fingerprint density at radius 3 is 2.56 bits per heavy atom. The molecular weight excluding hydrogens is 231 g/mol. The average molecular weight is 254 g/mol. The van der Waals surface area contributed by atoms with Gasteiger partial charge in [-0.1, -0.05) is 20.8 Å². The summed E-state index contributed by atoms with van der Waals surface area (Å²) in [5, 5.41) is 3.53. The maximum Gasteiger partial charge on any atom is 0.141 e. The molecule has 18 heavy (non-hydrogen) atoms. The minimum atomic E-state index is -0.300. The third-order valence-electron chi connectivity index (χ3n) is 3.08. The van der Waals surface area contributed by atoms with Crippen molar-refractivity contribution in [3.05, 3.63) is 29.8 Å². The summed E-state index contributed by atoms with van der Waals surface area (Å²) in [6.07, 6.45) is 2.17. The van der Waals surface area contributed by atoms with Gasteiger partial charge in [-0.05, 0) is 24.5 Å². The van der Waals surface area contributed by atoms with Gasteiger partial charge in [-0.15, -0.1) is 0 Å². The Morgan fingerprint density at radius 1 is 1.39 bits per heavy atom. The van der Waals surface area contributed by atoms with Gasteiger partial charge >= 0.3 is 0 Å². The van der Waals surface area contributed by atoms with E-state index in [0.29, 0.717) is 12.5 Å². The van der Waals surface area contributed by atoms with Crippen molar-refractivity contribution in [1.29, 1.82) is 0 Å². The monoisotopic (exact) mass is 254 g/mol. The minimum Gasteiger partial charge on any atom is -0.383 e. The molecule has 4 heteroatoms. The van der Waals surface area contributed by atoms with Crippen LogP contribution in [-0.4, -0.2) is 24.7 Å². The lowest BCUT2D eigenvalue weighted by molar-refractivity contribution is 0.139. The first-order chi connectivity index (χ1) is 8.58. The number of ether oxygens (including phenoxy) is 1. The van der Waals surface area contributed by atoms with Crippen LogP contribution in [0.25, 0.3) is 0 Å². The molecule has 0 aliphatic carbocycles. The molecule has 0 aliphatic heterocycles. The molecule has 0 amide bonds. The largest absolute Gasteiger partial charge is 0.383 e.